The molecule has 0 amide bonds. The van der Waals surface area contributed by atoms with Gasteiger partial charge in [0.2, 0.25) is 0 Å². The molecule has 0 aromatic carbocycles. The second-order valence-electron chi connectivity index (χ2n) is 4.03. The highest BCUT2D eigenvalue weighted by molar-refractivity contribution is 4.85. The van der Waals surface area contributed by atoms with Crippen molar-refractivity contribution in [2.24, 2.45) is 0 Å². The van der Waals surface area contributed by atoms with Gasteiger partial charge >= 0.3 is 0 Å². The lowest BCUT2D eigenvalue weighted by Crippen LogP contribution is -2.42. The average molecular weight is 171 g/mol. The Labute approximate surface area is 75.9 Å². The zero-order valence-corrected chi connectivity index (χ0v) is 8.71. The molecule has 0 N–H and O–H groups in total. The number of rotatable bonds is 3. The fourth-order valence-corrected chi connectivity index (χ4v) is 2.03. The fourth-order valence-electron chi connectivity index (χ4n) is 2.03. The van der Waals surface area contributed by atoms with E-state index in [1.807, 2.05) is 7.11 Å². The van der Waals surface area contributed by atoms with Crippen molar-refractivity contribution in [2.45, 2.75) is 51.3 Å². The molecule has 0 bridgehead atoms. The van der Waals surface area contributed by atoms with Crippen LogP contribution in [0.2, 0.25) is 0 Å². The normalized spacial score (nSPS) is 30.5. The molecule has 1 aliphatic carbocycles. The van der Waals surface area contributed by atoms with Gasteiger partial charge in [0, 0.05) is 19.2 Å². The molecule has 2 atom stereocenters. The first-order valence-corrected chi connectivity index (χ1v) is 4.91. The number of likely N-dealkylation sites (N-methyl/N-ethyl adjacent to an activating group) is 1. The summed E-state index contributed by atoms with van der Waals surface area (Å²) in [6.45, 7) is 4.48. The molecule has 0 spiro atoms. The molecule has 2 heteroatoms. The smallest absolute Gasteiger partial charge is 0.0726 e. The van der Waals surface area contributed by atoms with Gasteiger partial charge in [-0.2, -0.15) is 0 Å². The standard InChI is InChI=1S/C10H21NO/c1-8(2)11(3)9-6-5-7-10(9)12-4/h8-10H,5-7H2,1-4H3/t9-,10+/m1/s1. The van der Waals surface area contributed by atoms with E-state index in [1.54, 1.807) is 0 Å². The van der Waals surface area contributed by atoms with Crippen LogP contribution >= 0.6 is 0 Å². The van der Waals surface area contributed by atoms with E-state index in [4.69, 9.17) is 4.74 Å². The Morgan fingerprint density at radius 2 is 2.00 bits per heavy atom. The van der Waals surface area contributed by atoms with Crippen molar-refractivity contribution < 1.29 is 4.74 Å². The van der Waals surface area contributed by atoms with E-state index in [2.05, 4.69) is 25.8 Å². The Kier molecular flexibility index (Phi) is 3.53. The summed E-state index contributed by atoms with van der Waals surface area (Å²) in [6, 6.07) is 1.28. The maximum absolute atomic E-state index is 5.45. The van der Waals surface area contributed by atoms with Crippen LogP contribution in [0, 0.1) is 0 Å². The van der Waals surface area contributed by atoms with Gasteiger partial charge in [0.25, 0.3) is 0 Å². The van der Waals surface area contributed by atoms with Crippen molar-refractivity contribution in [3.8, 4) is 0 Å². The van der Waals surface area contributed by atoms with Crippen LogP contribution in [0.4, 0.5) is 0 Å². The Bertz CT molecular complexity index is 136. The maximum Gasteiger partial charge on any atom is 0.0726 e. The number of methoxy groups -OCH3 is 1. The molecule has 0 unspecified atom stereocenters. The topological polar surface area (TPSA) is 12.5 Å². The summed E-state index contributed by atoms with van der Waals surface area (Å²) in [5.41, 5.74) is 0. The van der Waals surface area contributed by atoms with Crippen LogP contribution in [0.25, 0.3) is 0 Å². The van der Waals surface area contributed by atoms with Gasteiger partial charge in [0.05, 0.1) is 6.10 Å². The van der Waals surface area contributed by atoms with Crippen molar-refractivity contribution in [1.29, 1.82) is 0 Å². The minimum atomic E-state index is 0.470. The van der Waals surface area contributed by atoms with E-state index in [-0.39, 0.29) is 0 Å². The zero-order valence-electron chi connectivity index (χ0n) is 8.71. The Balaban J connectivity index is 2.49. The lowest BCUT2D eigenvalue weighted by atomic mass is 10.1. The third-order valence-corrected chi connectivity index (χ3v) is 3.06. The van der Waals surface area contributed by atoms with Crippen molar-refractivity contribution in [1.82, 2.24) is 4.90 Å². The van der Waals surface area contributed by atoms with E-state index in [1.165, 1.54) is 19.3 Å². The van der Waals surface area contributed by atoms with Crippen molar-refractivity contribution in [2.75, 3.05) is 14.2 Å². The van der Waals surface area contributed by atoms with Crippen LogP contribution in [0.5, 0.6) is 0 Å². The van der Waals surface area contributed by atoms with Crippen LogP contribution < -0.4 is 0 Å². The number of hydrogen-bond donors (Lipinski definition) is 0. The summed E-state index contributed by atoms with van der Waals surface area (Å²) in [6.07, 6.45) is 4.32. The molecule has 12 heavy (non-hydrogen) atoms. The molecule has 1 saturated carbocycles. The van der Waals surface area contributed by atoms with Crippen LogP contribution in [-0.4, -0.2) is 37.2 Å². The first kappa shape index (κ1) is 10.0. The van der Waals surface area contributed by atoms with Gasteiger partial charge in [-0.1, -0.05) is 0 Å². The third kappa shape index (κ3) is 1.99. The average Bonchev–Trinajstić information content (AvgIpc) is 2.49. The van der Waals surface area contributed by atoms with Crippen molar-refractivity contribution in [3.63, 3.8) is 0 Å². The molecule has 0 aromatic rings. The summed E-state index contributed by atoms with van der Waals surface area (Å²) in [5.74, 6) is 0. The van der Waals surface area contributed by atoms with E-state index in [0.29, 0.717) is 18.2 Å². The highest BCUT2D eigenvalue weighted by Gasteiger charge is 2.30. The van der Waals surface area contributed by atoms with Gasteiger partial charge in [-0.15, -0.1) is 0 Å². The van der Waals surface area contributed by atoms with E-state index in [0.717, 1.165) is 0 Å². The van der Waals surface area contributed by atoms with Gasteiger partial charge in [-0.05, 0) is 40.2 Å². The van der Waals surface area contributed by atoms with E-state index < -0.39 is 0 Å². The van der Waals surface area contributed by atoms with E-state index in [9.17, 15) is 0 Å². The van der Waals surface area contributed by atoms with Crippen molar-refractivity contribution in [3.05, 3.63) is 0 Å². The lowest BCUT2D eigenvalue weighted by Gasteiger charge is -2.31. The molecular formula is C10H21NO. The summed E-state index contributed by atoms with van der Waals surface area (Å²) in [5, 5.41) is 0. The maximum atomic E-state index is 5.45. The van der Waals surface area contributed by atoms with Crippen molar-refractivity contribution >= 4 is 0 Å². The molecular weight excluding hydrogens is 150 g/mol. The molecule has 0 radical (unpaired) electrons. The Hall–Kier alpha value is -0.0800. The molecule has 2 nitrogen and oxygen atoms in total. The SMILES string of the molecule is CO[C@H]1CCC[C@H]1N(C)C(C)C. The predicted octanol–water partition coefficient (Wildman–Crippen LogP) is 1.89. The minimum Gasteiger partial charge on any atom is -0.380 e. The zero-order chi connectivity index (χ0) is 9.14. The molecule has 1 rings (SSSR count). The van der Waals surface area contributed by atoms with Crippen LogP contribution in [-0.2, 0) is 4.74 Å². The molecule has 1 fully saturated rings. The molecule has 0 aliphatic heterocycles. The van der Waals surface area contributed by atoms with Gasteiger partial charge in [-0.25, -0.2) is 0 Å². The van der Waals surface area contributed by atoms with Crippen LogP contribution in [0.1, 0.15) is 33.1 Å². The highest BCUT2D eigenvalue weighted by atomic mass is 16.5. The highest BCUT2D eigenvalue weighted by Crippen LogP contribution is 2.26. The molecule has 0 aromatic heterocycles. The number of ether oxygens (including phenoxy) is 1. The summed E-state index contributed by atoms with van der Waals surface area (Å²) < 4.78 is 5.45. The quantitative estimate of drug-likeness (QED) is 0.643. The van der Waals surface area contributed by atoms with Crippen LogP contribution in [0.15, 0.2) is 0 Å². The molecule has 72 valence electrons. The molecule has 0 saturated heterocycles. The summed E-state index contributed by atoms with van der Waals surface area (Å²) >= 11 is 0. The minimum absolute atomic E-state index is 0.470. The van der Waals surface area contributed by atoms with Gasteiger partial charge in [0.15, 0.2) is 0 Å². The van der Waals surface area contributed by atoms with Crippen LogP contribution in [0.3, 0.4) is 0 Å². The fraction of sp³-hybridized carbons (Fsp3) is 1.00. The lowest BCUT2D eigenvalue weighted by molar-refractivity contribution is 0.0323. The Morgan fingerprint density at radius 3 is 2.50 bits per heavy atom. The Morgan fingerprint density at radius 1 is 1.33 bits per heavy atom. The second-order valence-corrected chi connectivity index (χ2v) is 4.03. The second kappa shape index (κ2) is 4.24. The largest absolute Gasteiger partial charge is 0.380 e. The van der Waals surface area contributed by atoms with Gasteiger partial charge in [0.1, 0.15) is 0 Å². The monoisotopic (exact) mass is 171 g/mol. The van der Waals surface area contributed by atoms with E-state index >= 15 is 0 Å². The summed E-state index contributed by atoms with van der Waals surface area (Å²) in [7, 11) is 4.03. The predicted molar refractivity (Wildman–Crippen MR) is 51.3 cm³/mol. The summed E-state index contributed by atoms with van der Waals surface area (Å²) in [4.78, 5) is 2.43. The first-order valence-electron chi connectivity index (χ1n) is 4.91. The molecule has 0 heterocycles. The first-order chi connectivity index (χ1) is 5.66. The number of nitrogens with zero attached hydrogens (tertiary/aromatic N) is 1. The third-order valence-electron chi connectivity index (χ3n) is 3.06. The molecule has 1 aliphatic rings. The van der Waals surface area contributed by atoms with Gasteiger partial charge < -0.3 is 4.74 Å². The number of hydrogen-bond acceptors (Lipinski definition) is 2. The van der Waals surface area contributed by atoms with Gasteiger partial charge in [-0.3, -0.25) is 4.90 Å².